The van der Waals surface area contributed by atoms with Gasteiger partial charge in [0.05, 0.1) is 5.69 Å². The van der Waals surface area contributed by atoms with Crippen LogP contribution in [0.2, 0.25) is 0 Å². The fraction of sp³-hybridized carbons (Fsp3) is 0.200. The van der Waals surface area contributed by atoms with E-state index in [-0.39, 0.29) is 5.69 Å². The van der Waals surface area contributed by atoms with E-state index in [1.165, 1.54) is 4.68 Å². The zero-order valence-corrected chi connectivity index (χ0v) is 8.30. The van der Waals surface area contributed by atoms with E-state index >= 15 is 0 Å². The Morgan fingerprint density at radius 2 is 1.87 bits per heavy atom. The van der Waals surface area contributed by atoms with E-state index in [4.69, 9.17) is 0 Å². The molecule has 2 aromatic rings. The quantitative estimate of drug-likeness (QED) is 0.768. The van der Waals surface area contributed by atoms with Gasteiger partial charge in [0.15, 0.2) is 0 Å². The van der Waals surface area contributed by atoms with Gasteiger partial charge in [-0.1, -0.05) is 18.2 Å². The van der Waals surface area contributed by atoms with Crippen LogP contribution in [0.3, 0.4) is 0 Å². The van der Waals surface area contributed by atoms with Crippen LogP contribution in [-0.2, 0) is 6.54 Å². The van der Waals surface area contributed by atoms with Crippen molar-refractivity contribution in [3.05, 3.63) is 51.3 Å². The molecule has 1 N–H and O–H groups in total. The van der Waals surface area contributed by atoms with Gasteiger partial charge >= 0.3 is 11.4 Å². The number of rotatable bonds is 2. The van der Waals surface area contributed by atoms with Crippen LogP contribution in [0.4, 0.5) is 0 Å². The number of hydrogen-bond donors (Lipinski definition) is 1. The van der Waals surface area contributed by atoms with E-state index in [0.717, 1.165) is 4.57 Å². The minimum Gasteiger partial charge on any atom is -0.246 e. The Kier molecular flexibility index (Phi) is 2.29. The first-order valence-corrected chi connectivity index (χ1v) is 4.71. The van der Waals surface area contributed by atoms with Crippen LogP contribution in [-0.4, -0.2) is 14.3 Å². The molecule has 0 unspecified atom stereocenters. The standard InChI is InChI=1S/C10H11N3O2/c1-2-12-10(15)13(9(14)11-12)8-6-4-3-5-7-8/h3-7H,2H2,1H3,(H,11,14). The minimum atomic E-state index is -0.409. The number of nitrogens with one attached hydrogen (secondary N) is 1. The number of H-pyrrole nitrogens is 1. The summed E-state index contributed by atoms with van der Waals surface area (Å²) in [6.07, 6.45) is 0. The summed E-state index contributed by atoms with van der Waals surface area (Å²) in [5.74, 6) is 0. The molecule has 0 aliphatic heterocycles. The Labute approximate surface area is 85.6 Å². The van der Waals surface area contributed by atoms with E-state index in [9.17, 15) is 9.59 Å². The third kappa shape index (κ3) is 1.52. The fourth-order valence-electron chi connectivity index (χ4n) is 1.44. The summed E-state index contributed by atoms with van der Waals surface area (Å²) in [4.78, 5) is 23.2. The average Bonchev–Trinajstić information content (AvgIpc) is 2.55. The van der Waals surface area contributed by atoms with Crippen LogP contribution in [0.1, 0.15) is 6.92 Å². The Balaban J connectivity index is 2.69. The van der Waals surface area contributed by atoms with E-state index in [1.54, 1.807) is 31.2 Å². The maximum Gasteiger partial charge on any atom is 0.351 e. The van der Waals surface area contributed by atoms with Crippen molar-refractivity contribution in [2.45, 2.75) is 13.5 Å². The topological polar surface area (TPSA) is 59.8 Å². The maximum absolute atomic E-state index is 11.7. The number of para-hydroxylation sites is 1. The lowest BCUT2D eigenvalue weighted by molar-refractivity contribution is 0.626. The number of nitrogens with zero attached hydrogens (tertiary/aromatic N) is 2. The molecule has 1 aromatic heterocycles. The zero-order valence-electron chi connectivity index (χ0n) is 8.30. The Bertz CT molecular complexity index is 562. The van der Waals surface area contributed by atoms with Crippen LogP contribution in [0, 0.1) is 0 Å². The first-order chi connectivity index (χ1) is 7.24. The van der Waals surface area contributed by atoms with Crippen molar-refractivity contribution in [1.29, 1.82) is 0 Å². The third-order valence-corrected chi connectivity index (χ3v) is 2.19. The normalized spacial score (nSPS) is 10.5. The molecule has 5 nitrogen and oxygen atoms in total. The van der Waals surface area contributed by atoms with Crippen LogP contribution in [0.25, 0.3) is 5.69 Å². The zero-order chi connectivity index (χ0) is 10.8. The van der Waals surface area contributed by atoms with Gasteiger partial charge in [-0.15, -0.1) is 0 Å². The first-order valence-electron chi connectivity index (χ1n) is 4.71. The van der Waals surface area contributed by atoms with E-state index < -0.39 is 5.69 Å². The highest BCUT2D eigenvalue weighted by Gasteiger charge is 2.08. The second kappa shape index (κ2) is 3.61. The molecule has 0 fully saturated rings. The largest absolute Gasteiger partial charge is 0.351 e. The molecule has 0 saturated heterocycles. The molecule has 1 aromatic carbocycles. The molecule has 15 heavy (non-hydrogen) atoms. The monoisotopic (exact) mass is 205 g/mol. The Morgan fingerprint density at radius 3 is 2.40 bits per heavy atom. The summed E-state index contributed by atoms with van der Waals surface area (Å²) in [6.45, 7) is 2.25. The molecule has 0 aliphatic carbocycles. The summed E-state index contributed by atoms with van der Waals surface area (Å²) in [5, 5.41) is 2.47. The van der Waals surface area contributed by atoms with Gasteiger partial charge in [-0.2, -0.15) is 0 Å². The molecule has 5 heteroatoms. The molecule has 0 saturated carbocycles. The van der Waals surface area contributed by atoms with E-state index in [1.807, 2.05) is 6.07 Å². The minimum absolute atomic E-state index is 0.339. The number of benzene rings is 1. The predicted molar refractivity (Wildman–Crippen MR) is 56.3 cm³/mol. The number of hydrogen-bond acceptors (Lipinski definition) is 2. The van der Waals surface area contributed by atoms with E-state index in [2.05, 4.69) is 5.10 Å². The number of aromatic amines is 1. The summed E-state index contributed by atoms with van der Waals surface area (Å²) >= 11 is 0. The van der Waals surface area contributed by atoms with Crippen molar-refractivity contribution in [2.24, 2.45) is 0 Å². The maximum atomic E-state index is 11.7. The van der Waals surface area contributed by atoms with Crippen molar-refractivity contribution >= 4 is 0 Å². The smallest absolute Gasteiger partial charge is 0.246 e. The lowest BCUT2D eigenvalue weighted by atomic mass is 10.3. The average molecular weight is 205 g/mol. The summed E-state index contributed by atoms with van der Waals surface area (Å²) in [6, 6.07) is 8.84. The van der Waals surface area contributed by atoms with Crippen LogP contribution >= 0.6 is 0 Å². The van der Waals surface area contributed by atoms with Gasteiger partial charge in [0.1, 0.15) is 0 Å². The molecule has 0 spiro atoms. The molecular formula is C10H11N3O2. The highest BCUT2D eigenvalue weighted by molar-refractivity contribution is 5.30. The SMILES string of the molecule is CCn1[nH]c(=O)n(-c2ccccc2)c1=O. The van der Waals surface area contributed by atoms with Crippen molar-refractivity contribution in [1.82, 2.24) is 14.3 Å². The van der Waals surface area contributed by atoms with Gasteiger partial charge < -0.3 is 0 Å². The van der Waals surface area contributed by atoms with Gasteiger partial charge in [0.25, 0.3) is 0 Å². The number of aromatic nitrogens is 3. The molecule has 2 rings (SSSR count). The van der Waals surface area contributed by atoms with Crippen molar-refractivity contribution in [2.75, 3.05) is 0 Å². The highest BCUT2D eigenvalue weighted by Crippen LogP contribution is 1.99. The summed E-state index contributed by atoms with van der Waals surface area (Å²) < 4.78 is 2.39. The second-order valence-electron chi connectivity index (χ2n) is 3.11. The molecule has 0 radical (unpaired) electrons. The van der Waals surface area contributed by atoms with Crippen molar-refractivity contribution in [3.8, 4) is 5.69 Å². The van der Waals surface area contributed by atoms with Gasteiger partial charge in [-0.3, -0.25) is 0 Å². The third-order valence-electron chi connectivity index (χ3n) is 2.19. The van der Waals surface area contributed by atoms with Gasteiger partial charge in [0.2, 0.25) is 0 Å². The second-order valence-corrected chi connectivity index (χ2v) is 3.11. The summed E-state index contributed by atoms with van der Waals surface area (Å²) in [5.41, 5.74) is -0.169. The van der Waals surface area contributed by atoms with Crippen molar-refractivity contribution < 1.29 is 0 Å². The lowest BCUT2D eigenvalue weighted by Gasteiger charge is -1.97. The van der Waals surface area contributed by atoms with Crippen LogP contribution in [0.15, 0.2) is 39.9 Å². The van der Waals surface area contributed by atoms with Crippen molar-refractivity contribution in [3.63, 3.8) is 0 Å². The van der Waals surface area contributed by atoms with Gasteiger partial charge in [-0.25, -0.2) is 23.9 Å². The predicted octanol–water partition coefficient (Wildman–Crippen LogP) is 0.347. The van der Waals surface area contributed by atoms with Gasteiger partial charge in [-0.05, 0) is 19.1 Å². The summed E-state index contributed by atoms with van der Waals surface area (Å²) in [7, 11) is 0. The Morgan fingerprint density at radius 1 is 1.20 bits per heavy atom. The van der Waals surface area contributed by atoms with Gasteiger partial charge in [0, 0.05) is 6.54 Å². The molecule has 0 amide bonds. The highest BCUT2D eigenvalue weighted by atomic mass is 16.2. The molecule has 0 aliphatic rings. The fourth-order valence-corrected chi connectivity index (χ4v) is 1.44. The molecule has 78 valence electrons. The number of aryl methyl sites for hydroxylation is 1. The Hall–Kier alpha value is -2.04. The van der Waals surface area contributed by atoms with Crippen LogP contribution in [0.5, 0.6) is 0 Å². The molecular weight excluding hydrogens is 194 g/mol. The molecule has 0 atom stereocenters. The first kappa shape index (κ1) is 9.51. The lowest BCUT2D eigenvalue weighted by Crippen LogP contribution is -2.26. The van der Waals surface area contributed by atoms with Crippen LogP contribution < -0.4 is 11.4 Å². The molecule has 0 bridgehead atoms. The molecule has 1 heterocycles. The van der Waals surface area contributed by atoms with E-state index in [0.29, 0.717) is 12.2 Å².